The molecule has 0 aromatic carbocycles. The van der Waals surface area contributed by atoms with Gasteiger partial charge in [0, 0.05) is 89.7 Å². The molecule has 3 aliphatic heterocycles. The molecule has 1 fully saturated rings. The first-order valence-corrected chi connectivity index (χ1v) is 22.1. The third-order valence-corrected chi connectivity index (χ3v) is 13.5. The molecule has 0 saturated carbocycles. The molecule has 0 unspecified atom stereocenters. The molecule has 0 spiro atoms. The number of H-pyrrole nitrogens is 2. The highest BCUT2D eigenvalue weighted by Gasteiger charge is 2.33. The number of carbonyl (C=O) groups excluding carboxylic acids is 3. The van der Waals surface area contributed by atoms with Crippen molar-refractivity contribution in [3.63, 3.8) is 0 Å². The molecular weight excluding hydrogens is 757 g/mol. The first kappa shape index (κ1) is 42.5. The van der Waals surface area contributed by atoms with E-state index >= 15 is 0 Å². The Morgan fingerprint density at radius 3 is 2.39 bits per heavy atom. The van der Waals surface area contributed by atoms with E-state index in [0.29, 0.717) is 31.4 Å². The Balaban J connectivity index is 1.18. The first-order chi connectivity index (χ1) is 27.3. The second-order valence-electron chi connectivity index (χ2n) is 15.4. The van der Waals surface area contributed by atoms with Crippen LogP contribution in [0.3, 0.4) is 0 Å². The zero-order valence-corrected chi connectivity index (χ0v) is 36.1. The molecule has 3 aliphatic rings. The van der Waals surface area contributed by atoms with Crippen LogP contribution in [0.4, 0.5) is 0 Å². The van der Waals surface area contributed by atoms with Crippen molar-refractivity contribution in [1.82, 2.24) is 19.9 Å². The Kier molecular flexibility index (Phi) is 13.9. The van der Waals surface area contributed by atoms with Gasteiger partial charge in [-0.25, -0.2) is 4.98 Å². The normalized spacial score (nSPS) is 20.7. The van der Waals surface area contributed by atoms with Crippen molar-refractivity contribution in [1.29, 1.82) is 0 Å². The molecular formula is C45H56N4O6S2. The predicted octanol–water partition coefficient (Wildman–Crippen LogP) is 10.3. The number of rotatable bonds is 13. The van der Waals surface area contributed by atoms with E-state index in [4.69, 9.17) is 24.2 Å². The van der Waals surface area contributed by atoms with Gasteiger partial charge in [-0.05, 0) is 105 Å². The van der Waals surface area contributed by atoms with Crippen LogP contribution in [0.1, 0.15) is 130 Å². The molecule has 0 aliphatic carbocycles. The second kappa shape index (κ2) is 18.6. The Hall–Kier alpha value is -4.13. The van der Waals surface area contributed by atoms with E-state index in [2.05, 4.69) is 82.4 Å². The predicted molar refractivity (Wildman–Crippen MR) is 233 cm³/mol. The maximum absolute atomic E-state index is 13.4. The minimum atomic E-state index is -0.369. The van der Waals surface area contributed by atoms with Crippen molar-refractivity contribution >= 4 is 79.9 Å². The van der Waals surface area contributed by atoms with E-state index in [9.17, 15) is 14.4 Å². The number of hydrogen-bond acceptors (Lipinski definition) is 10. The van der Waals surface area contributed by atoms with Gasteiger partial charge in [-0.1, -0.05) is 38.3 Å². The van der Waals surface area contributed by atoms with E-state index in [0.717, 1.165) is 85.7 Å². The van der Waals surface area contributed by atoms with Gasteiger partial charge < -0.3 is 24.2 Å². The van der Waals surface area contributed by atoms with Gasteiger partial charge in [-0.15, -0.1) is 11.8 Å². The van der Waals surface area contributed by atoms with Gasteiger partial charge >= 0.3 is 11.9 Å². The largest absolute Gasteiger partial charge is 0.463 e. The van der Waals surface area contributed by atoms with Gasteiger partial charge in [0.2, 0.25) is 0 Å². The number of ether oxygens (including phenoxy) is 3. The van der Waals surface area contributed by atoms with Gasteiger partial charge in [-0.2, -0.15) is 0 Å². The van der Waals surface area contributed by atoms with Crippen LogP contribution in [0, 0.1) is 20.8 Å². The van der Waals surface area contributed by atoms with Gasteiger partial charge in [0.05, 0.1) is 17.5 Å². The number of nitrogens with zero attached hydrogens (tertiary/aromatic N) is 2. The maximum atomic E-state index is 13.4. The summed E-state index contributed by atoms with van der Waals surface area (Å²) in [5, 5.41) is 0.178. The average Bonchev–Trinajstić information content (AvgIpc) is 3.86. The highest BCUT2D eigenvalue weighted by Crippen LogP contribution is 2.42. The van der Waals surface area contributed by atoms with Crippen LogP contribution in [0.15, 0.2) is 30.8 Å². The molecule has 1 saturated heterocycles. The summed E-state index contributed by atoms with van der Waals surface area (Å²) in [5.74, 6) is 0.974. The first-order valence-electron chi connectivity index (χ1n) is 20.0. The number of aromatic nitrogens is 4. The van der Waals surface area contributed by atoms with Crippen molar-refractivity contribution < 1.29 is 28.6 Å². The van der Waals surface area contributed by atoms with Crippen LogP contribution in [0.2, 0.25) is 0 Å². The molecule has 5 atom stereocenters. The Morgan fingerprint density at radius 1 is 0.930 bits per heavy atom. The summed E-state index contributed by atoms with van der Waals surface area (Å²) >= 11 is 3.03. The second-order valence-corrected chi connectivity index (χ2v) is 17.8. The molecule has 6 rings (SSSR count). The number of aromatic amines is 2. The molecule has 6 heterocycles. The van der Waals surface area contributed by atoms with Crippen LogP contribution in [-0.4, -0.2) is 72.7 Å². The quantitative estimate of drug-likeness (QED) is 0.127. The van der Waals surface area contributed by atoms with E-state index in [1.165, 1.54) is 36.8 Å². The third kappa shape index (κ3) is 9.95. The molecule has 8 bridgehead atoms. The third-order valence-electron chi connectivity index (χ3n) is 11.3. The zero-order chi connectivity index (χ0) is 41.0. The fourth-order valence-electron chi connectivity index (χ4n) is 8.16. The van der Waals surface area contributed by atoms with Crippen LogP contribution in [-0.2, 0) is 28.6 Å². The van der Waals surface area contributed by atoms with Crippen molar-refractivity contribution in [2.75, 3.05) is 18.1 Å². The van der Waals surface area contributed by atoms with Crippen LogP contribution in [0.5, 0.6) is 0 Å². The topological polar surface area (TPSA) is 136 Å². The Bertz CT molecular complexity index is 2240. The average molecular weight is 813 g/mol. The SMILES string of the molecule is C=Cc1c(C)c2cc3nc(c(C)c4cc(C)c(cc5nc(cc1[nH]2)C(C)=C5CC)[nH]4)[C@@H](CCC(=O)SCCCS[C@H]1C[C@@H](OC(C)=O)C[C@@H](COC(C)=O)O1)[C@@H]3C. The van der Waals surface area contributed by atoms with Crippen molar-refractivity contribution in [2.45, 2.75) is 123 Å². The lowest BCUT2D eigenvalue weighted by molar-refractivity contribution is -0.162. The monoisotopic (exact) mass is 812 g/mol. The molecule has 0 radical (unpaired) electrons. The summed E-state index contributed by atoms with van der Waals surface area (Å²) in [4.78, 5) is 54.1. The molecule has 0 amide bonds. The van der Waals surface area contributed by atoms with Gasteiger partial charge in [0.25, 0.3) is 0 Å². The standard InChI is InChI=1S/C45H56N4O6S2/c1-10-33-26(5)39-22-42-34(11-2)25(4)38(47-42)21-40-27(6)35(45(49-40)28(7)37-17-24(3)36(46-37)20-41(33)48-39)13-14-43(52)56-15-12-16-57-44-19-31(54-30(9)51)18-32(55-44)23-53-29(8)50/h11,17,20-22,27,31-32,35,44,46-47H,2,10,12-16,18-19,23H2,1,3-9H3/t27-,31-,32-,35-,44-/m0/s1. The Labute approximate surface area is 344 Å². The lowest BCUT2D eigenvalue weighted by atomic mass is 9.86. The number of hydrogen-bond donors (Lipinski definition) is 2. The van der Waals surface area contributed by atoms with E-state index in [-0.39, 0.29) is 53.1 Å². The number of esters is 2. The maximum Gasteiger partial charge on any atom is 0.302 e. The summed E-state index contributed by atoms with van der Waals surface area (Å²) in [7, 11) is 0. The van der Waals surface area contributed by atoms with Crippen LogP contribution in [0.25, 0.3) is 39.3 Å². The summed E-state index contributed by atoms with van der Waals surface area (Å²) in [6.07, 6.45) is 5.24. The molecule has 2 N–H and O–H groups in total. The van der Waals surface area contributed by atoms with Gasteiger partial charge in [-0.3, -0.25) is 19.4 Å². The van der Waals surface area contributed by atoms with E-state index < -0.39 is 0 Å². The highest BCUT2D eigenvalue weighted by molar-refractivity contribution is 8.13. The number of nitrogens with one attached hydrogen (secondary N) is 2. The van der Waals surface area contributed by atoms with Crippen LogP contribution < -0.4 is 0 Å². The molecule has 3 aromatic rings. The minimum absolute atomic E-state index is 0.0741. The van der Waals surface area contributed by atoms with Crippen molar-refractivity contribution in [3.8, 4) is 0 Å². The molecule has 10 nitrogen and oxygen atoms in total. The van der Waals surface area contributed by atoms with E-state index in [1.54, 1.807) is 11.8 Å². The highest BCUT2D eigenvalue weighted by atomic mass is 32.2. The minimum Gasteiger partial charge on any atom is -0.463 e. The van der Waals surface area contributed by atoms with Crippen LogP contribution >= 0.6 is 23.5 Å². The summed E-state index contributed by atoms with van der Waals surface area (Å²) in [6, 6.07) is 8.68. The Morgan fingerprint density at radius 2 is 1.67 bits per heavy atom. The fourth-order valence-corrected chi connectivity index (χ4v) is 10.3. The fraction of sp³-hybridized carbons (Fsp3) is 0.489. The van der Waals surface area contributed by atoms with E-state index in [1.807, 2.05) is 6.08 Å². The number of carbonyl (C=O) groups is 3. The zero-order valence-electron chi connectivity index (χ0n) is 34.5. The smallest absolute Gasteiger partial charge is 0.302 e. The van der Waals surface area contributed by atoms with Gasteiger partial charge in [0.1, 0.15) is 18.1 Å². The number of aryl methyl sites for hydroxylation is 3. The molecule has 3 aromatic heterocycles. The summed E-state index contributed by atoms with van der Waals surface area (Å²) < 4.78 is 16.8. The van der Waals surface area contributed by atoms with Gasteiger partial charge in [0.15, 0.2) is 5.12 Å². The number of allylic oxidation sites excluding steroid dienone is 2. The number of fused-ring (bicyclic) bond motifs is 8. The van der Waals surface area contributed by atoms with Crippen molar-refractivity contribution in [3.05, 3.63) is 75.9 Å². The summed E-state index contributed by atoms with van der Waals surface area (Å²) in [5.41, 5.74) is 14.6. The molecule has 57 heavy (non-hydrogen) atoms. The number of thioether (sulfide) groups is 2. The summed E-state index contributed by atoms with van der Waals surface area (Å²) in [6.45, 7) is 20.0. The lowest BCUT2D eigenvalue weighted by Gasteiger charge is -2.34. The van der Waals surface area contributed by atoms with Crippen molar-refractivity contribution in [2.24, 2.45) is 0 Å². The molecule has 12 heteroatoms. The lowest BCUT2D eigenvalue weighted by Crippen LogP contribution is -2.39. The molecule has 304 valence electrons.